The Morgan fingerprint density at radius 1 is 1.17 bits per heavy atom. The summed E-state index contributed by atoms with van der Waals surface area (Å²) in [7, 11) is 3.08. The van der Waals surface area contributed by atoms with Crippen molar-refractivity contribution in [3.8, 4) is 11.5 Å². The lowest BCUT2D eigenvalue weighted by Crippen LogP contribution is -2.43. The minimum absolute atomic E-state index is 0.0638. The smallest absolute Gasteiger partial charge is 0.240 e. The summed E-state index contributed by atoms with van der Waals surface area (Å²) < 4.78 is 10.4. The molecule has 0 aliphatic heterocycles. The first-order valence-corrected chi connectivity index (χ1v) is 7.81. The number of benzene rings is 1. The third-order valence-corrected chi connectivity index (χ3v) is 4.25. The number of ether oxygens (including phenoxy) is 2. The summed E-state index contributed by atoms with van der Waals surface area (Å²) >= 11 is 0. The monoisotopic (exact) mass is 320 g/mol. The van der Waals surface area contributed by atoms with Crippen LogP contribution >= 0.6 is 0 Å². The zero-order valence-electron chi connectivity index (χ0n) is 14.1. The second-order valence-corrected chi connectivity index (χ2v) is 5.89. The highest BCUT2D eigenvalue weighted by molar-refractivity contribution is 6.13. The molecule has 0 heterocycles. The first-order chi connectivity index (χ1) is 11.0. The van der Waals surface area contributed by atoms with Gasteiger partial charge in [0.05, 0.1) is 14.2 Å². The summed E-state index contributed by atoms with van der Waals surface area (Å²) in [6.45, 7) is 3.93. The topological polar surface area (TPSA) is 76.7 Å². The van der Waals surface area contributed by atoms with Crippen LogP contribution in [0.25, 0.3) is 0 Å². The summed E-state index contributed by atoms with van der Waals surface area (Å²) in [4.78, 5) is 24.9. The number of nitrogens with one attached hydrogen (secondary N) is 2. The lowest BCUT2D eigenvalue weighted by Gasteiger charge is -2.19. The highest BCUT2D eigenvalue weighted by Crippen LogP contribution is 2.47. The normalized spacial score (nSPS) is 16.2. The van der Waals surface area contributed by atoms with E-state index in [0.717, 1.165) is 6.42 Å². The van der Waals surface area contributed by atoms with Crippen LogP contribution in [0.5, 0.6) is 11.5 Å². The molecule has 1 aliphatic rings. The minimum atomic E-state index is -0.934. The lowest BCUT2D eigenvalue weighted by atomic mass is 10.0. The van der Waals surface area contributed by atoms with Gasteiger partial charge in [-0.05, 0) is 38.3 Å². The quantitative estimate of drug-likeness (QED) is 0.756. The number of methoxy groups -OCH3 is 2. The van der Waals surface area contributed by atoms with E-state index in [1.54, 1.807) is 25.3 Å². The Morgan fingerprint density at radius 2 is 1.83 bits per heavy atom. The van der Waals surface area contributed by atoms with Crippen LogP contribution in [0.1, 0.15) is 33.1 Å². The van der Waals surface area contributed by atoms with Gasteiger partial charge in [0, 0.05) is 17.8 Å². The van der Waals surface area contributed by atoms with Crippen LogP contribution in [0.3, 0.4) is 0 Å². The molecule has 2 N–H and O–H groups in total. The molecule has 1 fully saturated rings. The molecule has 2 rings (SSSR count). The van der Waals surface area contributed by atoms with Gasteiger partial charge in [-0.15, -0.1) is 0 Å². The van der Waals surface area contributed by atoms with E-state index in [2.05, 4.69) is 10.6 Å². The van der Waals surface area contributed by atoms with E-state index in [1.807, 2.05) is 13.8 Å². The molecule has 0 radical (unpaired) electrons. The lowest BCUT2D eigenvalue weighted by molar-refractivity contribution is -0.134. The van der Waals surface area contributed by atoms with Crippen molar-refractivity contribution in [3.63, 3.8) is 0 Å². The molecule has 0 bridgehead atoms. The van der Waals surface area contributed by atoms with Crippen LogP contribution in [-0.4, -0.2) is 32.1 Å². The second-order valence-electron chi connectivity index (χ2n) is 5.89. The number of amides is 2. The number of carbonyl (C=O) groups excluding carboxylic acids is 2. The number of hydrogen-bond donors (Lipinski definition) is 2. The summed E-state index contributed by atoms with van der Waals surface area (Å²) in [5.41, 5.74) is -0.355. The van der Waals surface area contributed by atoms with E-state index in [9.17, 15) is 9.59 Å². The third kappa shape index (κ3) is 3.57. The van der Waals surface area contributed by atoms with Crippen molar-refractivity contribution in [2.24, 2.45) is 5.41 Å². The summed E-state index contributed by atoms with van der Waals surface area (Å²) in [6, 6.07) is 5.18. The molecule has 23 heavy (non-hydrogen) atoms. The Morgan fingerprint density at radius 3 is 2.35 bits per heavy atom. The summed E-state index contributed by atoms with van der Waals surface area (Å²) in [5, 5.41) is 5.70. The number of rotatable bonds is 7. The van der Waals surface area contributed by atoms with Gasteiger partial charge in [-0.1, -0.05) is 6.92 Å². The Labute approximate surface area is 136 Å². The van der Waals surface area contributed by atoms with Gasteiger partial charge in [0.25, 0.3) is 0 Å². The molecule has 1 aromatic rings. The van der Waals surface area contributed by atoms with Crippen molar-refractivity contribution in [1.29, 1.82) is 0 Å². The SMILES string of the molecule is CCC(C)NC(=O)C1(C(=O)Nc2ccc(OC)c(OC)c2)CC1. The predicted molar refractivity (Wildman–Crippen MR) is 87.7 cm³/mol. The molecule has 1 atom stereocenters. The largest absolute Gasteiger partial charge is 0.493 e. The van der Waals surface area contributed by atoms with E-state index in [-0.39, 0.29) is 17.9 Å². The fourth-order valence-corrected chi connectivity index (χ4v) is 2.31. The summed E-state index contributed by atoms with van der Waals surface area (Å²) in [5.74, 6) is 0.649. The molecule has 1 unspecified atom stereocenters. The van der Waals surface area contributed by atoms with Crippen LogP contribution in [0.15, 0.2) is 18.2 Å². The van der Waals surface area contributed by atoms with Gasteiger partial charge in [0.2, 0.25) is 11.8 Å². The zero-order valence-corrected chi connectivity index (χ0v) is 14.1. The van der Waals surface area contributed by atoms with Crippen molar-refractivity contribution in [3.05, 3.63) is 18.2 Å². The molecule has 1 aromatic carbocycles. The Hall–Kier alpha value is -2.24. The molecule has 0 saturated heterocycles. The van der Waals surface area contributed by atoms with Gasteiger partial charge in [0.1, 0.15) is 5.41 Å². The Balaban J connectivity index is 2.08. The van der Waals surface area contributed by atoms with Gasteiger partial charge >= 0.3 is 0 Å². The van der Waals surface area contributed by atoms with Crippen LogP contribution < -0.4 is 20.1 Å². The zero-order chi connectivity index (χ0) is 17.0. The maximum atomic E-state index is 12.5. The van der Waals surface area contributed by atoms with E-state index >= 15 is 0 Å². The first kappa shape index (κ1) is 17.1. The predicted octanol–water partition coefficient (Wildman–Crippen LogP) is 2.34. The number of carbonyl (C=O) groups is 2. The molecule has 0 spiro atoms. The standard InChI is InChI=1S/C17H24N2O4/c1-5-11(2)18-15(20)17(8-9-17)16(21)19-12-6-7-13(22-3)14(10-12)23-4/h6-7,10-11H,5,8-9H2,1-4H3,(H,18,20)(H,19,21). The highest BCUT2D eigenvalue weighted by atomic mass is 16.5. The molecular formula is C17H24N2O4. The minimum Gasteiger partial charge on any atom is -0.493 e. The fraction of sp³-hybridized carbons (Fsp3) is 0.529. The van der Waals surface area contributed by atoms with Crippen molar-refractivity contribution < 1.29 is 19.1 Å². The van der Waals surface area contributed by atoms with E-state index in [0.29, 0.717) is 30.0 Å². The third-order valence-electron chi connectivity index (χ3n) is 4.25. The first-order valence-electron chi connectivity index (χ1n) is 7.81. The molecule has 1 saturated carbocycles. The molecular weight excluding hydrogens is 296 g/mol. The maximum Gasteiger partial charge on any atom is 0.240 e. The number of hydrogen-bond acceptors (Lipinski definition) is 4. The van der Waals surface area contributed by atoms with Crippen LogP contribution in [-0.2, 0) is 9.59 Å². The molecule has 6 nitrogen and oxygen atoms in total. The van der Waals surface area contributed by atoms with Gasteiger partial charge in [-0.2, -0.15) is 0 Å². The van der Waals surface area contributed by atoms with Gasteiger partial charge in [-0.3, -0.25) is 9.59 Å². The second kappa shape index (κ2) is 6.89. The van der Waals surface area contributed by atoms with Gasteiger partial charge < -0.3 is 20.1 Å². The van der Waals surface area contributed by atoms with Crippen LogP contribution in [0.2, 0.25) is 0 Å². The van der Waals surface area contributed by atoms with Crippen molar-refractivity contribution in [2.75, 3.05) is 19.5 Å². The number of anilines is 1. The van der Waals surface area contributed by atoms with Crippen LogP contribution in [0, 0.1) is 5.41 Å². The maximum absolute atomic E-state index is 12.5. The van der Waals surface area contributed by atoms with Gasteiger partial charge in [-0.25, -0.2) is 0 Å². The van der Waals surface area contributed by atoms with E-state index in [4.69, 9.17) is 9.47 Å². The summed E-state index contributed by atoms with van der Waals surface area (Å²) in [6.07, 6.45) is 1.99. The van der Waals surface area contributed by atoms with E-state index < -0.39 is 5.41 Å². The molecule has 1 aliphatic carbocycles. The van der Waals surface area contributed by atoms with E-state index in [1.165, 1.54) is 7.11 Å². The average molecular weight is 320 g/mol. The van der Waals surface area contributed by atoms with Gasteiger partial charge in [0.15, 0.2) is 11.5 Å². The van der Waals surface area contributed by atoms with Crippen LogP contribution in [0.4, 0.5) is 5.69 Å². The van der Waals surface area contributed by atoms with Crippen molar-refractivity contribution >= 4 is 17.5 Å². The molecule has 126 valence electrons. The van der Waals surface area contributed by atoms with Crippen molar-refractivity contribution in [2.45, 2.75) is 39.2 Å². The highest BCUT2D eigenvalue weighted by Gasteiger charge is 2.56. The Bertz CT molecular complexity index is 596. The molecule has 0 aromatic heterocycles. The molecule has 2 amide bonds. The Kier molecular flexibility index (Phi) is 5.13. The molecule has 6 heteroatoms. The van der Waals surface area contributed by atoms with Crippen molar-refractivity contribution in [1.82, 2.24) is 5.32 Å². The fourth-order valence-electron chi connectivity index (χ4n) is 2.31. The average Bonchev–Trinajstić information content (AvgIpc) is 3.36.